The lowest BCUT2D eigenvalue weighted by molar-refractivity contribution is 0.102. The molecule has 0 spiro atoms. The lowest BCUT2D eigenvalue weighted by atomic mass is 10.0. The number of Topliss-reactive ketones (excluding diaryl/α,β-unsaturated/α-hetero) is 1. The summed E-state index contributed by atoms with van der Waals surface area (Å²) in [5.74, 6) is 0.0768. The Kier molecular flexibility index (Phi) is 3.09. The number of rotatable bonds is 2. The van der Waals surface area contributed by atoms with Crippen LogP contribution in [0.15, 0.2) is 12.1 Å². The fourth-order valence-corrected chi connectivity index (χ4v) is 1.55. The molecule has 2 N–H and O–H groups in total. The Balaban J connectivity index is 3.28. The van der Waals surface area contributed by atoms with Gasteiger partial charge in [0.2, 0.25) is 0 Å². The molecule has 0 amide bonds. The van der Waals surface area contributed by atoms with Crippen LogP contribution in [0.3, 0.4) is 0 Å². The van der Waals surface area contributed by atoms with Crippen molar-refractivity contribution < 1.29 is 4.79 Å². The van der Waals surface area contributed by atoms with Crippen LogP contribution >= 0.6 is 15.9 Å². The summed E-state index contributed by atoms with van der Waals surface area (Å²) >= 11 is 3.14. The SMILES string of the molecule is Cc1cc(N)c(C)c(C(=O)CBr)c1. The van der Waals surface area contributed by atoms with Crippen molar-refractivity contribution in [2.45, 2.75) is 13.8 Å². The molecule has 0 aliphatic carbocycles. The number of anilines is 1. The third-order valence-electron chi connectivity index (χ3n) is 2.01. The van der Waals surface area contributed by atoms with Gasteiger partial charge in [-0.3, -0.25) is 4.79 Å². The van der Waals surface area contributed by atoms with Crippen molar-refractivity contribution in [2.24, 2.45) is 0 Å². The molecule has 0 atom stereocenters. The van der Waals surface area contributed by atoms with Crippen molar-refractivity contribution >= 4 is 27.4 Å². The zero-order valence-electron chi connectivity index (χ0n) is 7.73. The number of alkyl halides is 1. The number of hydrogen-bond donors (Lipinski definition) is 1. The molecule has 70 valence electrons. The van der Waals surface area contributed by atoms with E-state index in [0.717, 1.165) is 16.7 Å². The molecule has 0 bridgehead atoms. The zero-order chi connectivity index (χ0) is 10.0. The summed E-state index contributed by atoms with van der Waals surface area (Å²) in [5.41, 5.74) is 9.04. The fraction of sp³-hybridized carbons (Fsp3) is 0.300. The number of aryl methyl sites for hydroxylation is 1. The van der Waals surface area contributed by atoms with E-state index in [0.29, 0.717) is 11.0 Å². The first-order valence-corrected chi connectivity index (χ1v) is 5.14. The molecule has 0 unspecified atom stereocenters. The highest BCUT2D eigenvalue weighted by molar-refractivity contribution is 9.09. The molecule has 3 heteroatoms. The van der Waals surface area contributed by atoms with Gasteiger partial charge in [0.1, 0.15) is 0 Å². The molecule has 0 aliphatic heterocycles. The van der Waals surface area contributed by atoms with Crippen LogP contribution < -0.4 is 5.73 Å². The number of halogens is 1. The van der Waals surface area contributed by atoms with Crippen LogP contribution in [0.1, 0.15) is 21.5 Å². The van der Waals surface area contributed by atoms with E-state index in [1.807, 2.05) is 26.0 Å². The van der Waals surface area contributed by atoms with Crippen LogP contribution in [0.2, 0.25) is 0 Å². The second-order valence-electron chi connectivity index (χ2n) is 3.08. The molecular formula is C10H12BrNO. The van der Waals surface area contributed by atoms with Crippen molar-refractivity contribution in [2.75, 3.05) is 11.1 Å². The van der Waals surface area contributed by atoms with Crippen molar-refractivity contribution in [3.05, 3.63) is 28.8 Å². The highest BCUT2D eigenvalue weighted by Crippen LogP contribution is 2.19. The van der Waals surface area contributed by atoms with Crippen LogP contribution in [0.25, 0.3) is 0 Å². The molecule has 0 heterocycles. The number of ketones is 1. The highest BCUT2D eigenvalue weighted by Gasteiger charge is 2.09. The minimum atomic E-state index is 0.0768. The highest BCUT2D eigenvalue weighted by atomic mass is 79.9. The lowest BCUT2D eigenvalue weighted by Gasteiger charge is -2.07. The first-order valence-electron chi connectivity index (χ1n) is 4.02. The predicted molar refractivity (Wildman–Crippen MR) is 58.5 cm³/mol. The van der Waals surface area contributed by atoms with Crippen LogP contribution in [-0.4, -0.2) is 11.1 Å². The van der Waals surface area contributed by atoms with Gasteiger partial charge in [-0.1, -0.05) is 15.9 Å². The summed E-state index contributed by atoms with van der Waals surface area (Å²) in [6.07, 6.45) is 0. The van der Waals surface area contributed by atoms with Crippen LogP contribution in [0, 0.1) is 13.8 Å². The Morgan fingerprint density at radius 1 is 1.46 bits per heavy atom. The number of benzene rings is 1. The van der Waals surface area contributed by atoms with Gasteiger partial charge in [0, 0.05) is 11.3 Å². The molecule has 1 rings (SSSR count). The standard InChI is InChI=1S/C10H12BrNO/c1-6-3-8(10(13)5-11)7(2)9(12)4-6/h3-4H,5,12H2,1-2H3. The van der Waals surface area contributed by atoms with Crippen molar-refractivity contribution in [3.63, 3.8) is 0 Å². The number of carbonyl (C=O) groups is 1. The maximum atomic E-state index is 11.4. The van der Waals surface area contributed by atoms with E-state index in [2.05, 4.69) is 15.9 Å². The molecule has 0 radical (unpaired) electrons. The van der Waals surface area contributed by atoms with E-state index < -0.39 is 0 Å². The van der Waals surface area contributed by atoms with Gasteiger partial charge in [-0.2, -0.15) is 0 Å². The molecule has 1 aromatic carbocycles. The first kappa shape index (κ1) is 10.3. The summed E-state index contributed by atoms with van der Waals surface area (Å²) in [4.78, 5) is 11.4. The maximum Gasteiger partial charge on any atom is 0.173 e. The van der Waals surface area contributed by atoms with Gasteiger partial charge < -0.3 is 5.73 Å². The Hall–Kier alpha value is -0.830. The smallest absolute Gasteiger partial charge is 0.173 e. The first-order chi connectivity index (χ1) is 6.06. The van der Waals surface area contributed by atoms with Crippen LogP contribution in [0.4, 0.5) is 5.69 Å². The van der Waals surface area contributed by atoms with Gasteiger partial charge in [-0.15, -0.1) is 0 Å². The molecule has 2 nitrogen and oxygen atoms in total. The molecular weight excluding hydrogens is 230 g/mol. The van der Waals surface area contributed by atoms with Crippen molar-refractivity contribution in [3.8, 4) is 0 Å². The molecule has 0 saturated heterocycles. The van der Waals surface area contributed by atoms with E-state index in [-0.39, 0.29) is 5.78 Å². The summed E-state index contributed by atoms with van der Waals surface area (Å²) in [6, 6.07) is 3.75. The molecule has 13 heavy (non-hydrogen) atoms. The third kappa shape index (κ3) is 2.10. The lowest BCUT2D eigenvalue weighted by Crippen LogP contribution is -2.05. The minimum absolute atomic E-state index is 0.0768. The van der Waals surface area contributed by atoms with Crippen LogP contribution in [-0.2, 0) is 0 Å². The molecule has 0 aromatic heterocycles. The minimum Gasteiger partial charge on any atom is -0.398 e. The second kappa shape index (κ2) is 3.92. The predicted octanol–water partition coefficient (Wildman–Crippen LogP) is 2.46. The van der Waals surface area contributed by atoms with E-state index >= 15 is 0 Å². The van der Waals surface area contributed by atoms with Gasteiger partial charge >= 0.3 is 0 Å². The van der Waals surface area contributed by atoms with Crippen LogP contribution in [0.5, 0.6) is 0 Å². The Labute approximate surface area is 86.3 Å². The van der Waals surface area contributed by atoms with Gasteiger partial charge in [-0.05, 0) is 37.1 Å². The number of nitrogens with two attached hydrogens (primary N) is 1. The summed E-state index contributed by atoms with van der Waals surface area (Å²) in [5, 5.41) is 0.344. The molecule has 1 aromatic rings. The topological polar surface area (TPSA) is 43.1 Å². The second-order valence-corrected chi connectivity index (χ2v) is 3.64. The molecule has 0 fully saturated rings. The van der Waals surface area contributed by atoms with E-state index in [9.17, 15) is 4.79 Å². The fourth-order valence-electron chi connectivity index (χ4n) is 1.25. The average Bonchev–Trinajstić information content (AvgIpc) is 2.10. The summed E-state index contributed by atoms with van der Waals surface area (Å²) in [7, 11) is 0. The Bertz CT molecular complexity index is 347. The summed E-state index contributed by atoms with van der Waals surface area (Å²) < 4.78 is 0. The van der Waals surface area contributed by atoms with E-state index in [1.54, 1.807) is 0 Å². The summed E-state index contributed by atoms with van der Waals surface area (Å²) in [6.45, 7) is 3.80. The van der Waals surface area contributed by atoms with Gasteiger partial charge in [0.05, 0.1) is 5.33 Å². The quantitative estimate of drug-likeness (QED) is 0.491. The number of hydrogen-bond acceptors (Lipinski definition) is 2. The van der Waals surface area contributed by atoms with E-state index in [4.69, 9.17) is 5.73 Å². The third-order valence-corrected chi connectivity index (χ3v) is 2.52. The van der Waals surface area contributed by atoms with Crippen molar-refractivity contribution in [1.29, 1.82) is 0 Å². The number of carbonyl (C=O) groups excluding carboxylic acids is 1. The monoisotopic (exact) mass is 241 g/mol. The van der Waals surface area contributed by atoms with Gasteiger partial charge in [0.15, 0.2) is 5.78 Å². The Morgan fingerprint density at radius 2 is 2.08 bits per heavy atom. The van der Waals surface area contributed by atoms with E-state index in [1.165, 1.54) is 0 Å². The zero-order valence-corrected chi connectivity index (χ0v) is 9.31. The average molecular weight is 242 g/mol. The number of nitrogen functional groups attached to an aromatic ring is 1. The van der Waals surface area contributed by atoms with Crippen molar-refractivity contribution in [1.82, 2.24) is 0 Å². The van der Waals surface area contributed by atoms with Gasteiger partial charge in [-0.25, -0.2) is 0 Å². The normalized spacial score (nSPS) is 10.1. The Morgan fingerprint density at radius 3 is 2.62 bits per heavy atom. The molecule has 0 saturated carbocycles. The largest absolute Gasteiger partial charge is 0.398 e. The maximum absolute atomic E-state index is 11.4. The van der Waals surface area contributed by atoms with Gasteiger partial charge in [0.25, 0.3) is 0 Å². The molecule has 0 aliphatic rings.